The first-order valence-corrected chi connectivity index (χ1v) is 10.3. The summed E-state index contributed by atoms with van der Waals surface area (Å²) in [7, 11) is 0. The summed E-state index contributed by atoms with van der Waals surface area (Å²) in [6.45, 7) is 1.93. The van der Waals surface area contributed by atoms with Crippen LogP contribution in [0.15, 0.2) is 18.2 Å². The SMILES string of the molecule is CC1CCc2c(C#N)c(NC(=O)COc3cc(Cl)ccc3Cl)sc(=S)c2C1. The minimum absolute atomic E-state index is 0.251. The number of benzene rings is 1. The lowest BCUT2D eigenvalue weighted by molar-refractivity contribution is -0.118. The van der Waals surface area contributed by atoms with Crippen LogP contribution in [0.1, 0.15) is 30.0 Å². The van der Waals surface area contributed by atoms with Crippen LogP contribution in [0.4, 0.5) is 5.00 Å². The van der Waals surface area contributed by atoms with Crippen LogP contribution < -0.4 is 10.1 Å². The zero-order chi connectivity index (χ0) is 19.6. The molecule has 0 bridgehead atoms. The molecule has 2 aromatic rings. The van der Waals surface area contributed by atoms with Gasteiger partial charge in [0.2, 0.25) is 0 Å². The Hall–Kier alpha value is -1.65. The third-order valence-corrected chi connectivity index (χ3v) is 6.38. The number of halogens is 2. The zero-order valence-electron chi connectivity index (χ0n) is 14.5. The lowest BCUT2D eigenvalue weighted by atomic mass is 9.85. The standard InChI is InChI=1S/C19H16Cl2N2O2S2/c1-10-2-4-12-13(6-10)19(26)27-18(14(12)8-22)23-17(24)9-25-16-7-11(20)3-5-15(16)21/h3,5,7,10H,2,4,6,9H2,1H3,(H,23,24). The van der Waals surface area contributed by atoms with E-state index in [0.29, 0.717) is 32.3 Å². The number of rotatable bonds is 4. The molecule has 3 rings (SSSR count). The molecule has 1 aliphatic carbocycles. The number of carbonyl (C=O) groups is 1. The van der Waals surface area contributed by atoms with Crippen molar-refractivity contribution in [1.82, 2.24) is 0 Å². The maximum atomic E-state index is 12.3. The van der Waals surface area contributed by atoms with Crippen LogP contribution in [-0.2, 0) is 17.6 Å². The molecule has 0 radical (unpaired) electrons. The van der Waals surface area contributed by atoms with Crippen molar-refractivity contribution in [3.05, 3.63) is 48.8 Å². The molecule has 27 heavy (non-hydrogen) atoms. The van der Waals surface area contributed by atoms with Crippen LogP contribution in [0.2, 0.25) is 10.0 Å². The molecular weight excluding hydrogens is 423 g/mol. The second-order valence-corrected chi connectivity index (χ2v) is 8.95. The van der Waals surface area contributed by atoms with E-state index in [-0.39, 0.29) is 6.61 Å². The zero-order valence-corrected chi connectivity index (χ0v) is 17.6. The van der Waals surface area contributed by atoms with Crippen molar-refractivity contribution in [3.63, 3.8) is 0 Å². The monoisotopic (exact) mass is 438 g/mol. The summed E-state index contributed by atoms with van der Waals surface area (Å²) in [4.78, 5) is 12.3. The van der Waals surface area contributed by atoms with Gasteiger partial charge in [-0.2, -0.15) is 5.26 Å². The van der Waals surface area contributed by atoms with Crippen molar-refractivity contribution in [3.8, 4) is 11.8 Å². The van der Waals surface area contributed by atoms with Gasteiger partial charge in [-0.15, -0.1) is 11.3 Å². The van der Waals surface area contributed by atoms with Crippen LogP contribution in [0.3, 0.4) is 0 Å². The Morgan fingerprint density at radius 3 is 2.96 bits per heavy atom. The molecule has 8 heteroatoms. The normalized spacial score (nSPS) is 15.6. The van der Waals surface area contributed by atoms with Crippen molar-refractivity contribution in [2.75, 3.05) is 11.9 Å². The van der Waals surface area contributed by atoms with E-state index in [0.717, 1.165) is 34.2 Å². The molecule has 0 saturated heterocycles. The van der Waals surface area contributed by atoms with E-state index in [1.54, 1.807) is 18.2 Å². The molecular formula is C19H16Cl2N2O2S2. The van der Waals surface area contributed by atoms with Crippen LogP contribution in [0.5, 0.6) is 5.75 Å². The molecule has 0 saturated carbocycles. The maximum Gasteiger partial charge on any atom is 0.262 e. The summed E-state index contributed by atoms with van der Waals surface area (Å²) in [6.07, 6.45) is 2.69. The minimum atomic E-state index is -0.391. The number of amides is 1. The Morgan fingerprint density at radius 1 is 1.44 bits per heavy atom. The van der Waals surface area contributed by atoms with Gasteiger partial charge in [-0.05, 0) is 48.4 Å². The number of nitrogens with zero attached hydrogens (tertiary/aromatic N) is 1. The number of hydrogen-bond donors (Lipinski definition) is 1. The summed E-state index contributed by atoms with van der Waals surface area (Å²) >= 11 is 18.7. The minimum Gasteiger partial charge on any atom is -0.482 e. The Bertz CT molecular complexity index is 998. The topological polar surface area (TPSA) is 62.1 Å². The van der Waals surface area contributed by atoms with Gasteiger partial charge in [0.15, 0.2) is 6.61 Å². The molecule has 1 atom stereocenters. The van der Waals surface area contributed by atoms with Gasteiger partial charge in [-0.1, -0.05) is 42.3 Å². The average Bonchev–Trinajstić information content (AvgIpc) is 2.63. The van der Waals surface area contributed by atoms with Crippen LogP contribution in [-0.4, -0.2) is 12.5 Å². The van der Waals surface area contributed by atoms with Gasteiger partial charge in [0.05, 0.1) is 14.4 Å². The molecule has 140 valence electrons. The molecule has 1 aliphatic rings. The summed E-state index contributed by atoms with van der Waals surface area (Å²) in [5, 5.41) is 13.7. The number of carbonyl (C=O) groups excluding carboxylic acids is 1. The fourth-order valence-electron chi connectivity index (χ4n) is 3.04. The lowest BCUT2D eigenvalue weighted by Gasteiger charge is -2.23. The average molecular weight is 439 g/mol. The van der Waals surface area contributed by atoms with Crippen LogP contribution >= 0.6 is 46.8 Å². The van der Waals surface area contributed by atoms with Gasteiger partial charge in [-0.25, -0.2) is 0 Å². The van der Waals surface area contributed by atoms with Gasteiger partial charge in [0.1, 0.15) is 16.8 Å². The van der Waals surface area contributed by atoms with E-state index in [2.05, 4.69) is 18.3 Å². The first-order chi connectivity index (χ1) is 12.9. The quantitative estimate of drug-likeness (QED) is 0.612. The third-order valence-electron chi connectivity index (χ3n) is 4.39. The molecule has 1 unspecified atom stereocenters. The Kier molecular flexibility index (Phi) is 6.38. The number of ether oxygens (including phenoxy) is 1. The van der Waals surface area contributed by atoms with Crippen molar-refractivity contribution >= 4 is 57.7 Å². The van der Waals surface area contributed by atoms with Crippen molar-refractivity contribution in [1.29, 1.82) is 5.26 Å². The number of nitrogens with one attached hydrogen (secondary N) is 1. The Morgan fingerprint density at radius 2 is 2.22 bits per heavy atom. The van der Waals surface area contributed by atoms with Gasteiger partial charge < -0.3 is 10.1 Å². The highest BCUT2D eigenvalue weighted by Gasteiger charge is 2.23. The maximum absolute atomic E-state index is 12.3. The summed E-state index contributed by atoms with van der Waals surface area (Å²) in [5.41, 5.74) is 2.54. The summed E-state index contributed by atoms with van der Waals surface area (Å²) in [5.74, 6) is 0.485. The first kappa shape index (κ1) is 20.1. The second-order valence-electron chi connectivity index (χ2n) is 6.42. The number of anilines is 1. The van der Waals surface area contributed by atoms with Gasteiger partial charge >= 0.3 is 0 Å². The Labute approximate surface area is 176 Å². The molecule has 1 aromatic heterocycles. The van der Waals surface area contributed by atoms with Gasteiger partial charge in [0, 0.05) is 11.1 Å². The van der Waals surface area contributed by atoms with E-state index in [1.807, 2.05) is 0 Å². The number of hydrogen-bond acceptors (Lipinski definition) is 5. The lowest BCUT2D eigenvalue weighted by Crippen LogP contribution is -2.21. The van der Waals surface area contributed by atoms with E-state index in [1.165, 1.54) is 11.3 Å². The van der Waals surface area contributed by atoms with Gasteiger partial charge in [0.25, 0.3) is 5.91 Å². The largest absolute Gasteiger partial charge is 0.482 e. The van der Waals surface area contributed by atoms with Crippen molar-refractivity contribution < 1.29 is 9.53 Å². The van der Waals surface area contributed by atoms with E-state index in [9.17, 15) is 10.1 Å². The third kappa shape index (κ3) is 4.61. The molecule has 1 N–H and O–H groups in total. The molecule has 1 aromatic carbocycles. The van der Waals surface area contributed by atoms with Gasteiger partial charge in [-0.3, -0.25) is 4.79 Å². The molecule has 4 nitrogen and oxygen atoms in total. The molecule has 0 fully saturated rings. The van der Waals surface area contributed by atoms with Crippen molar-refractivity contribution in [2.45, 2.75) is 26.2 Å². The highest BCUT2D eigenvalue weighted by atomic mass is 35.5. The van der Waals surface area contributed by atoms with Crippen LogP contribution in [0, 0.1) is 21.1 Å². The predicted octanol–water partition coefficient (Wildman–Crippen LogP) is 5.80. The smallest absolute Gasteiger partial charge is 0.262 e. The summed E-state index contributed by atoms with van der Waals surface area (Å²) in [6, 6.07) is 7.01. The van der Waals surface area contributed by atoms with E-state index in [4.69, 9.17) is 40.2 Å². The van der Waals surface area contributed by atoms with Crippen LogP contribution in [0.25, 0.3) is 0 Å². The summed E-state index contributed by atoms with van der Waals surface area (Å²) < 4.78 is 6.18. The van der Waals surface area contributed by atoms with E-state index >= 15 is 0 Å². The fraction of sp³-hybridized carbons (Fsp3) is 0.316. The molecule has 1 heterocycles. The first-order valence-electron chi connectivity index (χ1n) is 8.35. The van der Waals surface area contributed by atoms with Crippen molar-refractivity contribution in [2.24, 2.45) is 5.92 Å². The Balaban J connectivity index is 1.78. The highest BCUT2D eigenvalue weighted by molar-refractivity contribution is 7.73. The molecule has 1 amide bonds. The highest BCUT2D eigenvalue weighted by Crippen LogP contribution is 2.36. The number of fused-ring (bicyclic) bond motifs is 1. The number of nitriles is 1. The fourth-order valence-corrected chi connectivity index (χ4v) is 4.78. The van der Waals surface area contributed by atoms with E-state index < -0.39 is 5.91 Å². The second kappa shape index (κ2) is 8.57. The predicted molar refractivity (Wildman–Crippen MR) is 112 cm³/mol. The molecule has 0 aliphatic heterocycles. The molecule has 0 spiro atoms.